The molecule has 0 aromatic heterocycles. The van der Waals surface area contributed by atoms with Crippen LogP contribution >= 0.6 is 11.8 Å². The van der Waals surface area contributed by atoms with Gasteiger partial charge in [0, 0.05) is 25.2 Å². The van der Waals surface area contributed by atoms with Crippen LogP contribution in [0.2, 0.25) is 0 Å². The Morgan fingerprint density at radius 1 is 1.35 bits per heavy atom. The summed E-state index contributed by atoms with van der Waals surface area (Å²) in [4.78, 5) is 30.5. The standard InChI is InChI=1S/C17H21N3O2S/c1-11-5-6-13(12(2)9-11)18-15(21)10-14-16(22)19-17(23-14)20-7-3-4-8-20/h5-6,9,14H,3-4,7-8,10H2,1-2H3,(H,18,21). The molecule has 0 spiro atoms. The summed E-state index contributed by atoms with van der Waals surface area (Å²) < 4.78 is 0. The van der Waals surface area contributed by atoms with Crippen LogP contribution in [0.4, 0.5) is 5.69 Å². The molecular weight excluding hydrogens is 310 g/mol. The lowest BCUT2D eigenvalue weighted by molar-refractivity contribution is -0.121. The van der Waals surface area contributed by atoms with Gasteiger partial charge in [-0.05, 0) is 38.3 Å². The number of nitrogens with one attached hydrogen (secondary N) is 1. The van der Waals surface area contributed by atoms with Gasteiger partial charge in [0.05, 0.1) is 0 Å². The number of amidine groups is 1. The molecule has 23 heavy (non-hydrogen) atoms. The van der Waals surface area contributed by atoms with Crippen molar-refractivity contribution in [1.29, 1.82) is 0 Å². The third-order valence-corrected chi connectivity index (χ3v) is 5.35. The number of aryl methyl sites for hydroxylation is 2. The van der Waals surface area contributed by atoms with Crippen LogP contribution in [0.3, 0.4) is 0 Å². The number of likely N-dealkylation sites (tertiary alicyclic amines) is 1. The number of amides is 2. The van der Waals surface area contributed by atoms with Gasteiger partial charge in [-0.15, -0.1) is 0 Å². The quantitative estimate of drug-likeness (QED) is 0.925. The smallest absolute Gasteiger partial charge is 0.262 e. The van der Waals surface area contributed by atoms with Crippen LogP contribution in [0.1, 0.15) is 30.4 Å². The molecule has 1 aromatic rings. The van der Waals surface area contributed by atoms with E-state index in [1.807, 2.05) is 32.0 Å². The molecule has 122 valence electrons. The Morgan fingerprint density at radius 2 is 2.09 bits per heavy atom. The molecule has 1 N–H and O–H groups in total. The highest BCUT2D eigenvalue weighted by Gasteiger charge is 2.33. The van der Waals surface area contributed by atoms with Gasteiger partial charge >= 0.3 is 0 Å². The van der Waals surface area contributed by atoms with Gasteiger partial charge in [0.1, 0.15) is 5.25 Å². The van der Waals surface area contributed by atoms with E-state index in [4.69, 9.17) is 0 Å². The van der Waals surface area contributed by atoms with E-state index in [1.165, 1.54) is 11.8 Å². The van der Waals surface area contributed by atoms with Gasteiger partial charge in [-0.25, -0.2) is 0 Å². The molecule has 3 rings (SSSR count). The number of hydrogen-bond donors (Lipinski definition) is 1. The van der Waals surface area contributed by atoms with Crippen LogP contribution < -0.4 is 5.32 Å². The Bertz CT molecular complexity index is 666. The zero-order valence-electron chi connectivity index (χ0n) is 13.5. The molecule has 0 saturated carbocycles. The van der Waals surface area contributed by atoms with Gasteiger partial charge in [-0.2, -0.15) is 4.99 Å². The normalized spacial score (nSPS) is 20.8. The highest BCUT2D eigenvalue weighted by molar-refractivity contribution is 8.15. The van der Waals surface area contributed by atoms with Crippen molar-refractivity contribution in [1.82, 2.24) is 4.90 Å². The molecule has 2 heterocycles. The van der Waals surface area contributed by atoms with Crippen LogP contribution in [-0.2, 0) is 9.59 Å². The maximum Gasteiger partial charge on any atom is 0.262 e. The molecule has 1 saturated heterocycles. The van der Waals surface area contributed by atoms with Gasteiger partial charge in [0.25, 0.3) is 5.91 Å². The summed E-state index contributed by atoms with van der Waals surface area (Å²) in [5.74, 6) is -0.326. The fraction of sp³-hybridized carbons (Fsp3) is 0.471. The van der Waals surface area contributed by atoms with E-state index in [-0.39, 0.29) is 18.2 Å². The first kappa shape index (κ1) is 16.1. The molecule has 1 atom stereocenters. The molecule has 1 fully saturated rings. The minimum atomic E-state index is -0.392. The zero-order valence-corrected chi connectivity index (χ0v) is 14.3. The second kappa shape index (κ2) is 6.74. The molecule has 1 unspecified atom stereocenters. The Kier molecular flexibility index (Phi) is 4.71. The van der Waals surface area contributed by atoms with Crippen LogP contribution in [0.5, 0.6) is 0 Å². The average Bonchev–Trinajstić information content (AvgIpc) is 3.13. The summed E-state index contributed by atoms with van der Waals surface area (Å²) in [5.41, 5.74) is 2.99. The maximum atomic E-state index is 12.2. The van der Waals surface area contributed by atoms with E-state index in [0.717, 1.165) is 47.9 Å². The monoisotopic (exact) mass is 331 g/mol. The zero-order chi connectivity index (χ0) is 16.4. The lowest BCUT2D eigenvalue weighted by atomic mass is 10.1. The lowest BCUT2D eigenvalue weighted by Crippen LogP contribution is -2.25. The summed E-state index contributed by atoms with van der Waals surface area (Å²) in [5, 5.41) is 3.30. The van der Waals surface area contributed by atoms with Gasteiger partial charge in [0.15, 0.2) is 5.17 Å². The average molecular weight is 331 g/mol. The third kappa shape index (κ3) is 3.75. The molecule has 6 heteroatoms. The predicted octanol–water partition coefficient (Wildman–Crippen LogP) is 2.73. The number of hydrogen-bond acceptors (Lipinski definition) is 4. The van der Waals surface area contributed by atoms with E-state index < -0.39 is 5.25 Å². The molecular formula is C17H21N3O2S. The number of benzene rings is 1. The van der Waals surface area contributed by atoms with Crippen molar-refractivity contribution in [2.75, 3.05) is 18.4 Å². The van der Waals surface area contributed by atoms with Crippen molar-refractivity contribution in [3.05, 3.63) is 29.3 Å². The largest absolute Gasteiger partial charge is 0.351 e. The Hall–Kier alpha value is -1.82. The summed E-state index contributed by atoms with van der Waals surface area (Å²) in [7, 11) is 0. The molecule has 2 amide bonds. The van der Waals surface area contributed by atoms with E-state index in [1.54, 1.807) is 0 Å². The SMILES string of the molecule is Cc1ccc(NC(=O)CC2SC(N3CCCC3)=NC2=O)c(C)c1. The first-order chi connectivity index (χ1) is 11.0. The summed E-state index contributed by atoms with van der Waals surface area (Å²) in [6.07, 6.45) is 2.45. The van der Waals surface area contributed by atoms with Gasteiger partial charge < -0.3 is 10.2 Å². The van der Waals surface area contributed by atoms with E-state index in [9.17, 15) is 9.59 Å². The molecule has 0 radical (unpaired) electrons. The number of carbonyl (C=O) groups is 2. The molecule has 2 aliphatic heterocycles. The van der Waals surface area contributed by atoms with E-state index >= 15 is 0 Å². The third-order valence-electron chi connectivity index (χ3n) is 4.13. The van der Waals surface area contributed by atoms with Crippen LogP contribution in [0, 0.1) is 13.8 Å². The highest BCUT2D eigenvalue weighted by atomic mass is 32.2. The van der Waals surface area contributed by atoms with Gasteiger partial charge in [-0.3, -0.25) is 9.59 Å². The fourth-order valence-corrected chi connectivity index (χ4v) is 3.99. The van der Waals surface area contributed by atoms with Crippen molar-refractivity contribution < 1.29 is 9.59 Å². The van der Waals surface area contributed by atoms with Crippen molar-refractivity contribution >= 4 is 34.4 Å². The second-order valence-electron chi connectivity index (χ2n) is 6.10. The number of anilines is 1. The number of rotatable bonds is 3. The Morgan fingerprint density at radius 3 is 2.78 bits per heavy atom. The Labute approximate surface area is 140 Å². The van der Waals surface area contributed by atoms with Gasteiger partial charge in [0.2, 0.25) is 5.91 Å². The number of carbonyl (C=O) groups excluding carboxylic acids is 2. The number of aliphatic imine (C=N–C) groups is 1. The molecule has 0 aliphatic carbocycles. The first-order valence-electron chi connectivity index (χ1n) is 7.94. The summed E-state index contributed by atoms with van der Waals surface area (Å²) >= 11 is 1.43. The summed E-state index contributed by atoms with van der Waals surface area (Å²) in [6.45, 7) is 5.90. The summed E-state index contributed by atoms with van der Waals surface area (Å²) in [6, 6.07) is 5.89. The van der Waals surface area contributed by atoms with E-state index in [0.29, 0.717) is 0 Å². The molecule has 5 nitrogen and oxygen atoms in total. The van der Waals surface area contributed by atoms with Crippen molar-refractivity contribution in [3.8, 4) is 0 Å². The minimum Gasteiger partial charge on any atom is -0.351 e. The molecule has 0 bridgehead atoms. The topological polar surface area (TPSA) is 61.8 Å². The van der Waals surface area contributed by atoms with Crippen LogP contribution in [0.15, 0.2) is 23.2 Å². The number of nitrogens with zero attached hydrogens (tertiary/aromatic N) is 2. The molecule has 1 aromatic carbocycles. The highest BCUT2D eigenvalue weighted by Crippen LogP contribution is 2.29. The van der Waals surface area contributed by atoms with Crippen molar-refractivity contribution in [3.63, 3.8) is 0 Å². The van der Waals surface area contributed by atoms with Crippen molar-refractivity contribution in [2.24, 2.45) is 4.99 Å². The Balaban J connectivity index is 1.57. The fourth-order valence-electron chi connectivity index (χ4n) is 2.88. The van der Waals surface area contributed by atoms with Crippen LogP contribution in [-0.4, -0.2) is 40.2 Å². The number of thioether (sulfide) groups is 1. The lowest BCUT2D eigenvalue weighted by Gasteiger charge is -2.16. The second-order valence-corrected chi connectivity index (χ2v) is 7.27. The maximum absolute atomic E-state index is 12.2. The van der Waals surface area contributed by atoms with Crippen molar-refractivity contribution in [2.45, 2.75) is 38.4 Å². The minimum absolute atomic E-state index is 0.138. The van der Waals surface area contributed by atoms with E-state index in [2.05, 4.69) is 15.2 Å². The molecule has 2 aliphatic rings. The van der Waals surface area contributed by atoms with Crippen LogP contribution in [0.25, 0.3) is 0 Å². The predicted molar refractivity (Wildman–Crippen MR) is 93.8 cm³/mol. The van der Waals surface area contributed by atoms with Gasteiger partial charge in [-0.1, -0.05) is 29.5 Å². The first-order valence-corrected chi connectivity index (χ1v) is 8.82.